The van der Waals surface area contributed by atoms with Gasteiger partial charge < -0.3 is 19.0 Å². The molecule has 0 saturated heterocycles. The van der Waals surface area contributed by atoms with E-state index >= 15 is 0 Å². The van der Waals surface area contributed by atoms with Gasteiger partial charge in [-0.05, 0) is 42.3 Å². The number of imidazole rings is 2. The molecule has 7 nitrogen and oxygen atoms in total. The smallest absolute Gasteiger partial charge is 0.218 e. The number of aliphatic hydroxyl groups is 1. The van der Waals surface area contributed by atoms with E-state index in [1.165, 1.54) is 0 Å². The van der Waals surface area contributed by atoms with E-state index in [2.05, 4.69) is 27.1 Å². The van der Waals surface area contributed by atoms with Gasteiger partial charge in [0, 0.05) is 42.5 Å². The van der Waals surface area contributed by atoms with E-state index in [1.54, 1.807) is 25.8 Å². The minimum Gasteiger partial charge on any atom is -0.481 e. The third-order valence-electron chi connectivity index (χ3n) is 6.17. The van der Waals surface area contributed by atoms with Crippen LogP contribution in [0.25, 0.3) is 16.6 Å². The van der Waals surface area contributed by atoms with Crippen LogP contribution in [-0.4, -0.2) is 36.3 Å². The molecule has 34 heavy (non-hydrogen) atoms. The lowest BCUT2D eigenvalue weighted by Gasteiger charge is -2.16. The summed E-state index contributed by atoms with van der Waals surface area (Å²) in [4.78, 5) is 13.1. The third kappa shape index (κ3) is 3.93. The van der Waals surface area contributed by atoms with Crippen molar-refractivity contribution in [1.29, 1.82) is 0 Å². The number of aryl methyl sites for hydroxylation is 1. The van der Waals surface area contributed by atoms with E-state index in [4.69, 9.17) is 16.3 Å². The Morgan fingerprint density at radius 3 is 2.59 bits per heavy atom. The van der Waals surface area contributed by atoms with E-state index in [0.717, 1.165) is 33.6 Å². The molecule has 0 spiro atoms. The van der Waals surface area contributed by atoms with Crippen molar-refractivity contribution in [2.45, 2.75) is 19.4 Å². The fourth-order valence-corrected chi connectivity index (χ4v) is 4.40. The molecule has 0 radical (unpaired) electrons. The van der Waals surface area contributed by atoms with E-state index in [9.17, 15) is 5.11 Å². The molecule has 3 aromatic heterocycles. The van der Waals surface area contributed by atoms with Crippen LogP contribution in [0.3, 0.4) is 0 Å². The summed E-state index contributed by atoms with van der Waals surface area (Å²) in [5, 5.41) is 12.3. The zero-order valence-electron chi connectivity index (χ0n) is 19.1. The summed E-state index contributed by atoms with van der Waals surface area (Å²) in [6, 6.07) is 13.8. The summed E-state index contributed by atoms with van der Waals surface area (Å²) in [6.07, 6.45) is 6.84. The lowest BCUT2D eigenvalue weighted by atomic mass is 10.0. The van der Waals surface area contributed by atoms with Gasteiger partial charge in [0.2, 0.25) is 5.88 Å². The SMILES string of the molecule is COc1nc2ccc(C(O)c3cnc(C)n3C)cc2c(Cl)c1Cc1ccc(-n2ccnc2)cc1. The van der Waals surface area contributed by atoms with E-state index < -0.39 is 6.10 Å². The fraction of sp³-hybridized carbons (Fsp3) is 0.192. The molecule has 0 amide bonds. The molecule has 1 atom stereocenters. The van der Waals surface area contributed by atoms with Crippen LogP contribution in [0.1, 0.15) is 34.3 Å². The molecule has 172 valence electrons. The Morgan fingerprint density at radius 2 is 1.94 bits per heavy atom. The highest BCUT2D eigenvalue weighted by Crippen LogP contribution is 2.36. The van der Waals surface area contributed by atoms with E-state index in [0.29, 0.717) is 28.5 Å². The van der Waals surface area contributed by atoms with Gasteiger partial charge in [0.1, 0.15) is 11.9 Å². The zero-order chi connectivity index (χ0) is 23.8. The standard InChI is InChI=1S/C26H24ClN5O2/c1-16-29-14-23(31(16)2)25(33)18-6-9-22-20(13-18)24(27)21(26(30-22)34-3)12-17-4-7-19(8-5-17)32-11-10-28-15-32/h4-11,13-15,25,33H,12H2,1-3H3. The highest BCUT2D eigenvalue weighted by atomic mass is 35.5. The number of hydrogen-bond donors (Lipinski definition) is 1. The molecule has 1 unspecified atom stereocenters. The number of pyridine rings is 1. The maximum Gasteiger partial charge on any atom is 0.218 e. The van der Waals surface area contributed by atoms with Gasteiger partial charge in [-0.1, -0.05) is 29.8 Å². The molecule has 5 rings (SSSR count). The monoisotopic (exact) mass is 473 g/mol. The lowest BCUT2D eigenvalue weighted by Crippen LogP contribution is -2.07. The Kier molecular flexibility index (Phi) is 5.81. The van der Waals surface area contributed by atoms with Crippen LogP contribution in [0.4, 0.5) is 0 Å². The summed E-state index contributed by atoms with van der Waals surface area (Å²) in [5.41, 5.74) is 5.05. The first-order valence-corrected chi connectivity index (χ1v) is 11.2. The largest absolute Gasteiger partial charge is 0.481 e. The van der Waals surface area contributed by atoms with E-state index in [-0.39, 0.29) is 0 Å². The van der Waals surface area contributed by atoms with Crippen molar-refractivity contribution in [2.24, 2.45) is 7.05 Å². The van der Waals surface area contributed by atoms with Gasteiger partial charge in [0.15, 0.2) is 0 Å². The normalized spacial score (nSPS) is 12.3. The number of methoxy groups -OCH3 is 1. The van der Waals surface area contributed by atoms with Gasteiger partial charge in [-0.3, -0.25) is 0 Å². The van der Waals surface area contributed by atoms with Gasteiger partial charge in [0.05, 0.1) is 35.9 Å². The second-order valence-electron chi connectivity index (χ2n) is 8.20. The summed E-state index contributed by atoms with van der Waals surface area (Å²) in [5.74, 6) is 1.33. The summed E-state index contributed by atoms with van der Waals surface area (Å²) >= 11 is 6.91. The average Bonchev–Trinajstić information content (AvgIpc) is 3.51. The third-order valence-corrected chi connectivity index (χ3v) is 6.60. The molecule has 0 fully saturated rings. The van der Waals surface area contributed by atoms with Gasteiger partial charge in [-0.2, -0.15) is 0 Å². The van der Waals surface area contributed by atoms with Crippen molar-refractivity contribution in [1.82, 2.24) is 24.1 Å². The van der Waals surface area contributed by atoms with Crippen LogP contribution in [0, 0.1) is 6.92 Å². The molecule has 0 aliphatic heterocycles. The maximum absolute atomic E-state index is 11.0. The van der Waals surface area contributed by atoms with Crippen molar-refractivity contribution < 1.29 is 9.84 Å². The number of nitrogens with zero attached hydrogens (tertiary/aromatic N) is 5. The number of aliphatic hydroxyl groups excluding tert-OH is 1. The molecular weight excluding hydrogens is 450 g/mol. The van der Waals surface area contributed by atoms with Crippen LogP contribution < -0.4 is 4.74 Å². The quantitative estimate of drug-likeness (QED) is 0.383. The van der Waals surface area contributed by atoms with Gasteiger partial charge in [-0.15, -0.1) is 0 Å². The van der Waals surface area contributed by atoms with Crippen LogP contribution >= 0.6 is 11.6 Å². The van der Waals surface area contributed by atoms with E-state index in [1.807, 2.05) is 59.6 Å². The molecule has 0 aliphatic rings. The Morgan fingerprint density at radius 1 is 1.15 bits per heavy atom. The summed E-state index contributed by atoms with van der Waals surface area (Å²) in [6.45, 7) is 1.90. The first-order valence-electron chi connectivity index (χ1n) is 10.9. The van der Waals surface area contributed by atoms with Crippen LogP contribution in [0.15, 0.2) is 67.4 Å². The molecule has 5 aromatic rings. The first-order chi connectivity index (χ1) is 16.5. The zero-order valence-corrected chi connectivity index (χ0v) is 19.9. The molecule has 2 aromatic carbocycles. The molecule has 1 N–H and O–H groups in total. The highest BCUT2D eigenvalue weighted by Gasteiger charge is 2.19. The van der Waals surface area contributed by atoms with Gasteiger partial charge >= 0.3 is 0 Å². The number of aromatic nitrogens is 5. The van der Waals surface area contributed by atoms with Crippen molar-refractivity contribution in [3.8, 4) is 11.6 Å². The number of benzene rings is 2. The van der Waals surface area contributed by atoms with Crippen LogP contribution in [0.2, 0.25) is 5.02 Å². The number of fused-ring (bicyclic) bond motifs is 1. The van der Waals surface area contributed by atoms with Crippen molar-refractivity contribution in [3.63, 3.8) is 0 Å². The maximum atomic E-state index is 11.0. The minimum atomic E-state index is -0.826. The second kappa shape index (κ2) is 8.93. The van der Waals surface area contributed by atoms with Crippen molar-refractivity contribution in [3.05, 3.63) is 101 Å². The molecule has 0 aliphatic carbocycles. The van der Waals surface area contributed by atoms with Crippen molar-refractivity contribution in [2.75, 3.05) is 7.11 Å². The molecule has 8 heteroatoms. The topological polar surface area (TPSA) is 78.0 Å². The number of halogens is 1. The first kappa shape index (κ1) is 22.1. The number of hydrogen-bond acceptors (Lipinski definition) is 5. The molecule has 0 bridgehead atoms. The molecule has 0 saturated carbocycles. The lowest BCUT2D eigenvalue weighted by molar-refractivity contribution is 0.211. The Hall–Kier alpha value is -3.68. The predicted molar refractivity (Wildman–Crippen MR) is 132 cm³/mol. The Balaban J connectivity index is 1.52. The van der Waals surface area contributed by atoms with Crippen LogP contribution in [0.5, 0.6) is 5.88 Å². The highest BCUT2D eigenvalue weighted by molar-refractivity contribution is 6.36. The van der Waals surface area contributed by atoms with Gasteiger partial charge in [-0.25, -0.2) is 15.0 Å². The fourth-order valence-electron chi connectivity index (χ4n) is 4.10. The van der Waals surface area contributed by atoms with Crippen LogP contribution in [-0.2, 0) is 13.5 Å². The minimum absolute atomic E-state index is 0.492. The second-order valence-corrected chi connectivity index (χ2v) is 8.57. The predicted octanol–water partition coefficient (Wildman–Crippen LogP) is 4.80. The average molecular weight is 474 g/mol. The van der Waals surface area contributed by atoms with Crippen molar-refractivity contribution >= 4 is 22.5 Å². The molecule has 3 heterocycles. The van der Waals surface area contributed by atoms with Gasteiger partial charge in [0.25, 0.3) is 0 Å². The number of rotatable bonds is 6. The number of ether oxygens (including phenoxy) is 1. The molecular formula is C26H24ClN5O2. The summed E-state index contributed by atoms with van der Waals surface area (Å²) < 4.78 is 9.41. The Labute approximate surface area is 202 Å². The summed E-state index contributed by atoms with van der Waals surface area (Å²) in [7, 11) is 3.48. The Bertz CT molecular complexity index is 1460.